The number of phenolic OH excluding ortho intramolecular Hbond substituents is 1. The molecule has 0 bridgehead atoms. The summed E-state index contributed by atoms with van der Waals surface area (Å²) in [6.07, 6.45) is 0. The third-order valence-electron chi connectivity index (χ3n) is 2.44. The van der Waals surface area contributed by atoms with Crippen LogP contribution in [0, 0.1) is 11.3 Å². The Kier molecular flexibility index (Phi) is 2.89. The maximum atomic E-state index is 12.1. The Bertz CT molecular complexity index is 612. The highest BCUT2D eigenvalue weighted by Gasteiger charge is 2.15. The largest absolute Gasteiger partial charge is 0.507 e. The number of carbonyl (C=O) groups excluding carboxylic acids is 1. The number of carbonyl (C=O) groups is 1. The van der Waals surface area contributed by atoms with Crippen molar-refractivity contribution in [3.8, 4) is 11.8 Å². The summed E-state index contributed by atoms with van der Waals surface area (Å²) >= 11 is 0. The van der Waals surface area contributed by atoms with Crippen molar-refractivity contribution < 1.29 is 9.90 Å². The Morgan fingerprint density at radius 1 is 1.00 bits per heavy atom. The SMILES string of the molecule is N#Cc1ccccc1C(=O)c1ccccc1O. The van der Waals surface area contributed by atoms with Gasteiger partial charge in [-0.15, -0.1) is 0 Å². The van der Waals surface area contributed by atoms with Crippen LogP contribution >= 0.6 is 0 Å². The van der Waals surface area contributed by atoms with Crippen LogP contribution in [0.25, 0.3) is 0 Å². The van der Waals surface area contributed by atoms with Crippen LogP contribution in [-0.2, 0) is 0 Å². The first-order valence-corrected chi connectivity index (χ1v) is 5.06. The van der Waals surface area contributed by atoms with Gasteiger partial charge in [0.05, 0.1) is 17.2 Å². The third-order valence-corrected chi connectivity index (χ3v) is 2.44. The van der Waals surface area contributed by atoms with E-state index in [-0.39, 0.29) is 17.1 Å². The van der Waals surface area contributed by atoms with Gasteiger partial charge in [0.15, 0.2) is 5.78 Å². The molecule has 0 saturated heterocycles. The van der Waals surface area contributed by atoms with Gasteiger partial charge in [0.1, 0.15) is 5.75 Å². The van der Waals surface area contributed by atoms with Crippen molar-refractivity contribution in [2.24, 2.45) is 0 Å². The van der Waals surface area contributed by atoms with E-state index in [0.29, 0.717) is 11.1 Å². The smallest absolute Gasteiger partial charge is 0.198 e. The molecule has 0 aliphatic rings. The van der Waals surface area contributed by atoms with E-state index in [1.165, 1.54) is 12.1 Å². The summed E-state index contributed by atoms with van der Waals surface area (Å²) < 4.78 is 0. The lowest BCUT2D eigenvalue weighted by Gasteiger charge is -2.04. The average Bonchev–Trinajstić information content (AvgIpc) is 2.38. The van der Waals surface area contributed by atoms with Crippen LogP contribution < -0.4 is 0 Å². The lowest BCUT2D eigenvalue weighted by atomic mass is 9.98. The van der Waals surface area contributed by atoms with Crippen LogP contribution in [0.4, 0.5) is 0 Å². The van der Waals surface area contributed by atoms with Gasteiger partial charge in [-0.05, 0) is 24.3 Å². The summed E-state index contributed by atoms with van der Waals surface area (Å²) in [4.78, 5) is 12.1. The van der Waals surface area contributed by atoms with Crippen LogP contribution in [0.15, 0.2) is 48.5 Å². The quantitative estimate of drug-likeness (QED) is 0.795. The van der Waals surface area contributed by atoms with Crippen LogP contribution in [0.2, 0.25) is 0 Å². The summed E-state index contributed by atoms with van der Waals surface area (Å²) in [7, 11) is 0. The number of nitriles is 1. The van der Waals surface area contributed by atoms with E-state index < -0.39 is 0 Å². The monoisotopic (exact) mass is 223 g/mol. The first-order chi connectivity index (χ1) is 8.24. The Morgan fingerprint density at radius 2 is 1.59 bits per heavy atom. The third kappa shape index (κ3) is 2.01. The Balaban J connectivity index is 2.53. The molecule has 0 amide bonds. The van der Waals surface area contributed by atoms with Crippen molar-refractivity contribution in [2.45, 2.75) is 0 Å². The minimum atomic E-state index is -0.347. The molecule has 0 radical (unpaired) electrons. The zero-order valence-electron chi connectivity index (χ0n) is 8.92. The molecule has 3 heteroatoms. The normalized spacial score (nSPS) is 9.59. The van der Waals surface area contributed by atoms with E-state index in [0.717, 1.165) is 0 Å². The number of hydrogen-bond donors (Lipinski definition) is 1. The lowest BCUT2D eigenvalue weighted by molar-refractivity contribution is 0.103. The number of ketones is 1. The number of rotatable bonds is 2. The molecule has 17 heavy (non-hydrogen) atoms. The Hall–Kier alpha value is -2.60. The van der Waals surface area contributed by atoms with Gasteiger partial charge in [-0.2, -0.15) is 5.26 Å². The second kappa shape index (κ2) is 4.50. The van der Waals surface area contributed by atoms with E-state index in [9.17, 15) is 9.90 Å². The fourth-order valence-corrected chi connectivity index (χ4v) is 1.59. The van der Waals surface area contributed by atoms with Crippen molar-refractivity contribution in [2.75, 3.05) is 0 Å². The van der Waals surface area contributed by atoms with Crippen molar-refractivity contribution in [1.29, 1.82) is 5.26 Å². The molecule has 0 aromatic heterocycles. The van der Waals surface area contributed by atoms with Gasteiger partial charge in [0.2, 0.25) is 0 Å². The van der Waals surface area contributed by atoms with Crippen LogP contribution in [-0.4, -0.2) is 10.9 Å². The Morgan fingerprint density at radius 3 is 2.24 bits per heavy atom. The minimum absolute atomic E-state index is 0.0785. The van der Waals surface area contributed by atoms with Crippen molar-refractivity contribution in [3.63, 3.8) is 0 Å². The van der Waals surface area contributed by atoms with Crippen molar-refractivity contribution in [1.82, 2.24) is 0 Å². The summed E-state index contributed by atoms with van der Waals surface area (Å²) in [5, 5.41) is 18.5. The van der Waals surface area contributed by atoms with E-state index >= 15 is 0 Å². The molecule has 0 heterocycles. The summed E-state index contributed by atoms with van der Waals surface area (Å²) in [6.45, 7) is 0. The maximum absolute atomic E-state index is 12.1. The molecule has 2 aromatic carbocycles. The minimum Gasteiger partial charge on any atom is -0.507 e. The highest BCUT2D eigenvalue weighted by Crippen LogP contribution is 2.21. The first-order valence-electron chi connectivity index (χ1n) is 5.06. The van der Waals surface area contributed by atoms with Gasteiger partial charge in [0.25, 0.3) is 0 Å². The fourth-order valence-electron chi connectivity index (χ4n) is 1.59. The maximum Gasteiger partial charge on any atom is 0.198 e. The summed E-state index contributed by atoms with van der Waals surface area (Å²) in [5.74, 6) is -0.425. The molecule has 2 rings (SSSR count). The van der Waals surface area contributed by atoms with E-state index in [4.69, 9.17) is 5.26 Å². The average molecular weight is 223 g/mol. The molecular weight excluding hydrogens is 214 g/mol. The molecule has 82 valence electrons. The van der Waals surface area contributed by atoms with Gasteiger partial charge in [-0.25, -0.2) is 0 Å². The van der Waals surface area contributed by atoms with Crippen molar-refractivity contribution in [3.05, 3.63) is 65.2 Å². The van der Waals surface area contributed by atoms with E-state index in [1.54, 1.807) is 36.4 Å². The number of nitrogens with zero attached hydrogens (tertiary/aromatic N) is 1. The van der Waals surface area contributed by atoms with Gasteiger partial charge in [-0.3, -0.25) is 4.79 Å². The standard InChI is InChI=1S/C14H9NO2/c15-9-10-5-1-2-6-11(10)14(17)12-7-3-4-8-13(12)16/h1-8,16H. The molecule has 0 aliphatic heterocycles. The molecule has 0 atom stereocenters. The first kappa shape index (κ1) is 10.9. The molecule has 0 spiro atoms. The molecule has 3 nitrogen and oxygen atoms in total. The predicted octanol–water partition coefficient (Wildman–Crippen LogP) is 2.49. The number of hydrogen-bond acceptors (Lipinski definition) is 3. The van der Waals surface area contributed by atoms with Crippen LogP contribution in [0.3, 0.4) is 0 Å². The highest BCUT2D eigenvalue weighted by atomic mass is 16.3. The fraction of sp³-hybridized carbons (Fsp3) is 0. The number of benzene rings is 2. The molecular formula is C14H9NO2. The van der Waals surface area contributed by atoms with Crippen LogP contribution in [0.1, 0.15) is 21.5 Å². The second-order valence-corrected chi connectivity index (χ2v) is 3.50. The Labute approximate surface area is 98.6 Å². The molecule has 0 unspecified atom stereocenters. The zero-order valence-corrected chi connectivity index (χ0v) is 8.92. The van der Waals surface area contributed by atoms with E-state index in [1.807, 2.05) is 6.07 Å². The van der Waals surface area contributed by atoms with Gasteiger partial charge in [-0.1, -0.05) is 24.3 Å². The topological polar surface area (TPSA) is 61.1 Å². The van der Waals surface area contributed by atoms with Crippen LogP contribution in [0.5, 0.6) is 5.75 Å². The highest BCUT2D eigenvalue weighted by molar-refractivity contribution is 6.11. The predicted molar refractivity (Wildman–Crippen MR) is 62.7 cm³/mol. The van der Waals surface area contributed by atoms with Gasteiger partial charge >= 0.3 is 0 Å². The second-order valence-electron chi connectivity index (χ2n) is 3.50. The van der Waals surface area contributed by atoms with Gasteiger partial charge in [0, 0.05) is 5.56 Å². The zero-order chi connectivity index (χ0) is 12.3. The molecule has 0 aliphatic carbocycles. The van der Waals surface area contributed by atoms with E-state index in [2.05, 4.69) is 0 Å². The number of phenols is 1. The molecule has 2 aromatic rings. The molecule has 1 N–H and O–H groups in total. The molecule has 0 fully saturated rings. The summed E-state index contributed by atoms with van der Waals surface area (Å²) in [6, 6.07) is 14.8. The summed E-state index contributed by atoms with van der Waals surface area (Å²) in [5.41, 5.74) is 0.812. The molecule has 0 saturated carbocycles. The number of aromatic hydroxyl groups is 1. The number of para-hydroxylation sites is 1. The lowest BCUT2D eigenvalue weighted by Crippen LogP contribution is -2.03. The van der Waals surface area contributed by atoms with Crippen molar-refractivity contribution >= 4 is 5.78 Å². The van der Waals surface area contributed by atoms with Gasteiger partial charge < -0.3 is 5.11 Å².